The highest BCUT2D eigenvalue weighted by Gasteiger charge is 2.24. The second-order valence-electron chi connectivity index (χ2n) is 7.93. The second kappa shape index (κ2) is 14.9. The van der Waals surface area contributed by atoms with Crippen LogP contribution in [0.2, 0.25) is 0 Å². The number of imide groups is 1. The molecule has 3 amide bonds. The Balaban J connectivity index is 0.00000578. The van der Waals surface area contributed by atoms with Crippen molar-refractivity contribution < 1.29 is 29.6 Å². The number of rotatable bonds is 12. The van der Waals surface area contributed by atoms with Gasteiger partial charge in [-0.3, -0.25) is 14.8 Å². The molecule has 0 heterocycles. The molecule has 0 aliphatic heterocycles. The van der Waals surface area contributed by atoms with Crippen LogP contribution in [0.5, 0.6) is 11.5 Å². The van der Waals surface area contributed by atoms with Crippen molar-refractivity contribution in [2.24, 2.45) is 0 Å². The molecular formula is C26H38F2N2O4. The van der Waals surface area contributed by atoms with Crippen LogP contribution in [0.15, 0.2) is 42.5 Å². The average molecular weight is 481 g/mol. The van der Waals surface area contributed by atoms with E-state index in [-0.39, 0.29) is 23.9 Å². The maximum Gasteiger partial charge on any atom is 0.324 e. The predicted octanol–water partition coefficient (Wildman–Crippen LogP) is 6.46. The molecule has 2 aromatic rings. The molecular weight excluding hydrogens is 442 g/mol. The number of hydrogen-bond acceptors (Lipinski definition) is 4. The first kappa shape index (κ1) is 28.9. The molecule has 8 heteroatoms. The van der Waals surface area contributed by atoms with Crippen LogP contribution in [0.3, 0.4) is 0 Å². The van der Waals surface area contributed by atoms with Crippen LogP contribution in [0.25, 0.3) is 0 Å². The number of nitrogens with one attached hydrogen (secondary N) is 1. The van der Waals surface area contributed by atoms with E-state index in [4.69, 9.17) is 9.47 Å². The van der Waals surface area contributed by atoms with E-state index in [1.54, 1.807) is 4.90 Å². The first-order chi connectivity index (χ1) is 15.9. The van der Waals surface area contributed by atoms with Gasteiger partial charge in [-0.2, -0.15) is 0 Å². The number of carbonyl (C=O) groups is 2. The Morgan fingerprint density at radius 2 is 1.68 bits per heavy atom. The van der Waals surface area contributed by atoms with Gasteiger partial charge < -0.3 is 14.4 Å². The molecule has 0 fully saturated rings. The fourth-order valence-corrected chi connectivity index (χ4v) is 3.37. The third-order valence-corrected chi connectivity index (χ3v) is 5.32. The maximum atomic E-state index is 14.4. The summed E-state index contributed by atoms with van der Waals surface area (Å²) in [6.07, 6.45) is 2.13. The highest BCUT2D eigenvalue weighted by atomic mass is 19.1. The van der Waals surface area contributed by atoms with Gasteiger partial charge >= 0.3 is 6.03 Å². The first-order valence-corrected chi connectivity index (χ1v) is 11.5. The SMILES string of the molecule is CCCCN(CCCC)C(=O)NC(=O)c1cc(OCc2ccccc2)c(OC)cc1C(C)F.F.[HH]. The number of unbranched alkanes of at least 4 members (excludes halogenated alkanes) is 2. The number of halogens is 2. The number of alkyl halides is 1. The highest BCUT2D eigenvalue weighted by Crippen LogP contribution is 2.35. The van der Waals surface area contributed by atoms with Crippen molar-refractivity contribution in [3.8, 4) is 11.5 Å². The molecule has 0 saturated heterocycles. The van der Waals surface area contributed by atoms with E-state index in [0.29, 0.717) is 24.6 Å². The minimum Gasteiger partial charge on any atom is -0.493 e. The lowest BCUT2D eigenvalue weighted by Gasteiger charge is -2.23. The van der Waals surface area contributed by atoms with E-state index in [0.717, 1.165) is 31.2 Å². The Hall–Kier alpha value is -3.16. The van der Waals surface area contributed by atoms with Crippen molar-refractivity contribution >= 4 is 11.9 Å². The summed E-state index contributed by atoms with van der Waals surface area (Å²) in [4.78, 5) is 27.5. The van der Waals surface area contributed by atoms with Gasteiger partial charge in [-0.1, -0.05) is 57.0 Å². The van der Waals surface area contributed by atoms with Gasteiger partial charge in [0.05, 0.1) is 7.11 Å². The lowest BCUT2D eigenvalue weighted by Crippen LogP contribution is -2.44. The molecule has 1 atom stereocenters. The summed E-state index contributed by atoms with van der Waals surface area (Å²) in [6, 6.07) is 12.0. The molecule has 0 radical (unpaired) electrons. The summed E-state index contributed by atoms with van der Waals surface area (Å²) >= 11 is 0. The molecule has 0 saturated carbocycles. The average Bonchev–Trinajstić information content (AvgIpc) is 2.82. The van der Waals surface area contributed by atoms with Gasteiger partial charge in [0.1, 0.15) is 12.8 Å². The van der Waals surface area contributed by atoms with Crippen molar-refractivity contribution in [1.29, 1.82) is 0 Å². The third-order valence-electron chi connectivity index (χ3n) is 5.32. The Bertz CT molecular complexity index is 906. The number of nitrogens with zero attached hydrogens (tertiary/aromatic N) is 1. The maximum absolute atomic E-state index is 14.4. The number of amides is 3. The Labute approximate surface area is 202 Å². The summed E-state index contributed by atoms with van der Waals surface area (Å²) in [6.45, 7) is 6.82. The fraction of sp³-hybridized carbons (Fsp3) is 0.462. The molecule has 0 aromatic heterocycles. The highest BCUT2D eigenvalue weighted by molar-refractivity contribution is 6.05. The van der Waals surface area contributed by atoms with E-state index in [9.17, 15) is 14.0 Å². The number of methoxy groups -OCH3 is 1. The van der Waals surface area contributed by atoms with Crippen LogP contribution in [0.1, 0.15) is 75.5 Å². The van der Waals surface area contributed by atoms with Crippen LogP contribution >= 0.6 is 0 Å². The van der Waals surface area contributed by atoms with Gasteiger partial charge in [0.2, 0.25) is 0 Å². The molecule has 1 N–H and O–H groups in total. The molecule has 0 spiro atoms. The molecule has 6 nitrogen and oxygen atoms in total. The fourth-order valence-electron chi connectivity index (χ4n) is 3.37. The van der Waals surface area contributed by atoms with Gasteiger partial charge in [-0.25, -0.2) is 9.18 Å². The summed E-state index contributed by atoms with van der Waals surface area (Å²) in [5, 5.41) is 2.43. The minimum absolute atomic E-state index is 0. The molecule has 0 aliphatic rings. The lowest BCUT2D eigenvalue weighted by molar-refractivity contribution is 0.0948. The zero-order chi connectivity index (χ0) is 24.2. The predicted molar refractivity (Wildman–Crippen MR) is 132 cm³/mol. The molecule has 0 aliphatic carbocycles. The molecule has 0 bridgehead atoms. The number of urea groups is 1. The molecule has 34 heavy (non-hydrogen) atoms. The first-order valence-electron chi connectivity index (χ1n) is 11.5. The summed E-state index contributed by atoms with van der Waals surface area (Å²) in [5.41, 5.74) is 1.12. The largest absolute Gasteiger partial charge is 0.493 e. The molecule has 1 unspecified atom stereocenters. The van der Waals surface area contributed by atoms with Gasteiger partial charge in [0.15, 0.2) is 11.5 Å². The van der Waals surface area contributed by atoms with Crippen LogP contribution < -0.4 is 14.8 Å². The van der Waals surface area contributed by atoms with Crippen LogP contribution in [-0.4, -0.2) is 37.0 Å². The van der Waals surface area contributed by atoms with Gasteiger partial charge in [-0.15, -0.1) is 0 Å². The molecule has 2 aromatic carbocycles. The van der Waals surface area contributed by atoms with Gasteiger partial charge in [-0.05, 0) is 37.5 Å². The zero-order valence-corrected chi connectivity index (χ0v) is 20.4. The quantitative estimate of drug-likeness (QED) is 0.379. The summed E-state index contributed by atoms with van der Waals surface area (Å²) in [7, 11) is 1.46. The van der Waals surface area contributed by atoms with E-state index in [1.807, 2.05) is 44.2 Å². The summed E-state index contributed by atoms with van der Waals surface area (Å²) in [5.74, 6) is -0.0392. The minimum atomic E-state index is -1.44. The molecule has 190 valence electrons. The number of benzene rings is 2. The van der Waals surface area contributed by atoms with Crippen molar-refractivity contribution in [2.75, 3.05) is 20.2 Å². The monoisotopic (exact) mass is 480 g/mol. The third kappa shape index (κ3) is 8.32. The Morgan fingerprint density at radius 3 is 2.21 bits per heavy atom. The smallest absolute Gasteiger partial charge is 0.324 e. The number of ether oxygens (including phenoxy) is 2. The van der Waals surface area contributed by atoms with Crippen molar-refractivity contribution in [3.05, 3.63) is 59.2 Å². The van der Waals surface area contributed by atoms with Crippen molar-refractivity contribution in [1.82, 2.24) is 10.2 Å². The van der Waals surface area contributed by atoms with Crippen LogP contribution in [0.4, 0.5) is 13.9 Å². The lowest BCUT2D eigenvalue weighted by atomic mass is 10.0. The van der Waals surface area contributed by atoms with E-state index >= 15 is 0 Å². The van der Waals surface area contributed by atoms with Crippen LogP contribution in [-0.2, 0) is 6.61 Å². The van der Waals surface area contributed by atoms with Gasteiger partial charge in [0, 0.05) is 25.6 Å². The normalized spacial score (nSPS) is 11.2. The van der Waals surface area contributed by atoms with Crippen molar-refractivity contribution in [3.63, 3.8) is 0 Å². The topological polar surface area (TPSA) is 67.9 Å². The van der Waals surface area contributed by atoms with Crippen LogP contribution in [0, 0.1) is 0 Å². The Morgan fingerprint density at radius 1 is 1.06 bits per heavy atom. The second-order valence-corrected chi connectivity index (χ2v) is 7.93. The standard InChI is InChI=1S/C26H35FN2O4.FH.H2/c1-5-7-14-29(15-8-6-2)26(31)28-25(30)22-17-24(23(32-4)16-21(22)19(3)27)33-18-20-12-10-9-11-13-20;;/h9-13,16-17,19H,5-8,14-15,18H2,1-4H3,(H,28,30,31);2*1H. The van der Waals surface area contributed by atoms with E-state index in [1.165, 1.54) is 26.2 Å². The van der Waals surface area contributed by atoms with Gasteiger partial charge in [0.25, 0.3) is 5.91 Å². The summed E-state index contributed by atoms with van der Waals surface area (Å²) < 4.78 is 25.7. The number of carbonyl (C=O) groups excluding carboxylic acids is 2. The van der Waals surface area contributed by atoms with E-state index in [2.05, 4.69) is 5.32 Å². The van der Waals surface area contributed by atoms with Crippen molar-refractivity contribution in [2.45, 2.75) is 59.2 Å². The number of hydrogen-bond donors (Lipinski definition) is 1. The zero-order valence-electron chi connectivity index (χ0n) is 20.4. The van der Waals surface area contributed by atoms with E-state index < -0.39 is 18.1 Å². The Kier molecular flexibility index (Phi) is 12.6. The molecule has 2 rings (SSSR count).